The van der Waals surface area contributed by atoms with Crippen LogP contribution in [0.4, 0.5) is 11.4 Å². The van der Waals surface area contributed by atoms with Gasteiger partial charge in [0.15, 0.2) is 0 Å². The second kappa shape index (κ2) is 12.5. The van der Waals surface area contributed by atoms with Gasteiger partial charge in [0.25, 0.3) is 11.8 Å². The van der Waals surface area contributed by atoms with Crippen LogP contribution in [-0.2, 0) is 6.42 Å². The Morgan fingerprint density at radius 3 is 2.16 bits per heavy atom. The lowest BCUT2D eigenvalue weighted by Gasteiger charge is -2.35. The predicted octanol–water partition coefficient (Wildman–Crippen LogP) is 5.55. The normalized spacial score (nSPS) is 13.8. The van der Waals surface area contributed by atoms with Crippen molar-refractivity contribution in [2.45, 2.75) is 39.2 Å². The second-order valence-corrected chi connectivity index (χ2v) is 10.0. The van der Waals surface area contributed by atoms with E-state index in [4.69, 9.17) is 9.47 Å². The number of rotatable bonds is 9. The average molecular weight is 516 g/mol. The lowest BCUT2D eigenvalue weighted by atomic mass is 9.89. The van der Waals surface area contributed by atoms with Gasteiger partial charge < -0.3 is 25.0 Å². The number of anilines is 2. The van der Waals surface area contributed by atoms with E-state index >= 15 is 0 Å². The number of nitrogens with zero attached hydrogens (tertiary/aromatic N) is 1. The van der Waals surface area contributed by atoms with Crippen molar-refractivity contribution in [3.05, 3.63) is 83.4 Å². The third-order valence-corrected chi connectivity index (χ3v) is 6.85. The van der Waals surface area contributed by atoms with Gasteiger partial charge in [-0.25, -0.2) is 0 Å². The summed E-state index contributed by atoms with van der Waals surface area (Å²) >= 11 is 0. The molecule has 0 aliphatic carbocycles. The lowest BCUT2D eigenvalue weighted by molar-refractivity contribution is 0.0942. The highest BCUT2D eigenvalue weighted by atomic mass is 16.5. The molecule has 0 saturated carbocycles. The fourth-order valence-electron chi connectivity index (χ4n) is 4.88. The average Bonchev–Trinajstić information content (AvgIpc) is 2.93. The van der Waals surface area contributed by atoms with Gasteiger partial charge in [0.1, 0.15) is 11.5 Å². The third-order valence-electron chi connectivity index (χ3n) is 6.85. The Morgan fingerprint density at radius 2 is 1.55 bits per heavy atom. The molecular formula is C31H37N3O4. The van der Waals surface area contributed by atoms with Gasteiger partial charge in [0.2, 0.25) is 0 Å². The number of piperidine rings is 1. The zero-order valence-electron chi connectivity index (χ0n) is 22.6. The Bertz CT molecular complexity index is 1230. The summed E-state index contributed by atoms with van der Waals surface area (Å²) in [7, 11) is 3.08. The van der Waals surface area contributed by atoms with Crippen molar-refractivity contribution in [2.75, 3.05) is 37.5 Å². The van der Waals surface area contributed by atoms with Crippen molar-refractivity contribution in [3.8, 4) is 11.5 Å². The number of ether oxygens (including phenoxy) is 2. The maximum absolute atomic E-state index is 13.2. The number of amides is 2. The van der Waals surface area contributed by atoms with Gasteiger partial charge in [-0.05, 0) is 74.9 Å². The lowest BCUT2D eigenvalue weighted by Crippen LogP contribution is -2.37. The first-order chi connectivity index (χ1) is 18.4. The molecule has 0 aromatic heterocycles. The van der Waals surface area contributed by atoms with E-state index in [9.17, 15) is 9.59 Å². The van der Waals surface area contributed by atoms with E-state index in [1.807, 2.05) is 26.0 Å². The van der Waals surface area contributed by atoms with Crippen LogP contribution in [-0.4, -0.2) is 45.2 Å². The minimum atomic E-state index is -0.313. The summed E-state index contributed by atoms with van der Waals surface area (Å²) in [6.45, 7) is 5.65. The van der Waals surface area contributed by atoms with Gasteiger partial charge in [-0.1, -0.05) is 30.3 Å². The smallest absolute Gasteiger partial charge is 0.255 e. The molecule has 3 aromatic rings. The van der Waals surface area contributed by atoms with Crippen molar-refractivity contribution in [1.82, 2.24) is 5.32 Å². The first kappa shape index (κ1) is 27.0. The van der Waals surface area contributed by atoms with Crippen LogP contribution in [0.3, 0.4) is 0 Å². The number of carbonyl (C=O) groups excluding carboxylic acids is 2. The summed E-state index contributed by atoms with van der Waals surface area (Å²) < 4.78 is 10.6. The maximum Gasteiger partial charge on any atom is 0.255 e. The summed E-state index contributed by atoms with van der Waals surface area (Å²) in [5, 5.41) is 5.94. The highest BCUT2D eigenvalue weighted by Gasteiger charge is 2.24. The molecule has 1 fully saturated rings. The van der Waals surface area contributed by atoms with Crippen molar-refractivity contribution in [3.63, 3.8) is 0 Å². The number of hydrogen-bond acceptors (Lipinski definition) is 5. The van der Waals surface area contributed by atoms with E-state index in [2.05, 4.69) is 45.9 Å². The number of nitrogens with one attached hydrogen (secondary N) is 2. The first-order valence-corrected chi connectivity index (χ1v) is 13.1. The van der Waals surface area contributed by atoms with Gasteiger partial charge in [0.05, 0.1) is 19.8 Å². The van der Waals surface area contributed by atoms with Crippen molar-refractivity contribution in [2.24, 2.45) is 5.92 Å². The van der Waals surface area contributed by atoms with Gasteiger partial charge in [0, 0.05) is 42.1 Å². The number of benzene rings is 3. The predicted molar refractivity (Wildman–Crippen MR) is 152 cm³/mol. The minimum absolute atomic E-state index is 0.00513. The molecule has 2 N–H and O–H groups in total. The highest BCUT2D eigenvalue weighted by Crippen LogP contribution is 2.31. The quantitative estimate of drug-likeness (QED) is 0.390. The molecule has 7 heteroatoms. The zero-order chi connectivity index (χ0) is 27.1. The minimum Gasteiger partial charge on any atom is -0.497 e. The van der Waals surface area contributed by atoms with Crippen molar-refractivity contribution in [1.29, 1.82) is 0 Å². The molecule has 2 amide bonds. The van der Waals surface area contributed by atoms with Gasteiger partial charge in [-0.2, -0.15) is 0 Å². The van der Waals surface area contributed by atoms with Crippen LogP contribution < -0.4 is 25.0 Å². The monoisotopic (exact) mass is 515 g/mol. The maximum atomic E-state index is 13.2. The van der Waals surface area contributed by atoms with E-state index in [0.29, 0.717) is 34.2 Å². The van der Waals surface area contributed by atoms with E-state index in [0.717, 1.165) is 38.0 Å². The Labute approximate surface area is 225 Å². The standard InChI is InChI=1S/C31H37N3O4/c1-21(2)32-31(36)28-19-25(33-30(35)24-17-26(37-3)20-27(18-24)38-4)10-11-29(28)34-14-12-23(13-15-34)16-22-8-6-5-7-9-22/h5-11,17-21,23H,12-16H2,1-4H3,(H,32,36)(H,33,35). The number of methoxy groups -OCH3 is 2. The van der Waals surface area contributed by atoms with E-state index < -0.39 is 0 Å². The molecule has 4 rings (SSSR count). The van der Waals surface area contributed by atoms with Gasteiger partial charge in [-0.15, -0.1) is 0 Å². The third kappa shape index (κ3) is 6.85. The molecule has 0 radical (unpaired) electrons. The molecule has 1 heterocycles. The summed E-state index contributed by atoms with van der Waals surface area (Å²) in [5.41, 5.74) is 3.77. The summed E-state index contributed by atoms with van der Waals surface area (Å²) in [6.07, 6.45) is 3.21. The molecule has 1 aliphatic rings. The van der Waals surface area contributed by atoms with E-state index in [1.165, 1.54) is 5.56 Å². The Morgan fingerprint density at radius 1 is 0.895 bits per heavy atom. The summed E-state index contributed by atoms with van der Waals surface area (Å²) in [6, 6.07) is 21.2. The molecule has 0 unspecified atom stereocenters. The fraction of sp³-hybridized carbons (Fsp3) is 0.355. The second-order valence-electron chi connectivity index (χ2n) is 10.0. The molecule has 200 valence electrons. The molecular weight excluding hydrogens is 478 g/mol. The fourth-order valence-corrected chi connectivity index (χ4v) is 4.88. The van der Waals surface area contributed by atoms with Crippen LogP contribution in [0.25, 0.3) is 0 Å². The van der Waals surface area contributed by atoms with Crippen molar-refractivity contribution < 1.29 is 19.1 Å². The van der Waals surface area contributed by atoms with Crippen LogP contribution in [0.5, 0.6) is 11.5 Å². The molecule has 0 spiro atoms. The Balaban J connectivity index is 1.52. The van der Waals surface area contributed by atoms with E-state index in [-0.39, 0.29) is 17.9 Å². The van der Waals surface area contributed by atoms with Crippen LogP contribution in [0, 0.1) is 5.92 Å². The molecule has 7 nitrogen and oxygen atoms in total. The molecule has 0 bridgehead atoms. The Hall–Kier alpha value is -4.00. The van der Waals surface area contributed by atoms with Crippen molar-refractivity contribution >= 4 is 23.2 Å². The Kier molecular flexibility index (Phi) is 8.89. The summed E-state index contributed by atoms with van der Waals surface area (Å²) in [4.78, 5) is 28.6. The van der Waals surface area contributed by atoms with Crippen LogP contribution in [0.1, 0.15) is 53.0 Å². The highest BCUT2D eigenvalue weighted by molar-refractivity contribution is 6.06. The molecule has 3 aromatic carbocycles. The molecule has 0 atom stereocenters. The first-order valence-electron chi connectivity index (χ1n) is 13.1. The topological polar surface area (TPSA) is 79.9 Å². The van der Waals surface area contributed by atoms with E-state index in [1.54, 1.807) is 38.5 Å². The number of hydrogen-bond donors (Lipinski definition) is 2. The molecule has 1 aliphatic heterocycles. The zero-order valence-corrected chi connectivity index (χ0v) is 22.6. The van der Waals surface area contributed by atoms with Crippen LogP contribution in [0.15, 0.2) is 66.7 Å². The van der Waals surface area contributed by atoms with Gasteiger partial charge >= 0.3 is 0 Å². The van der Waals surface area contributed by atoms with Gasteiger partial charge in [-0.3, -0.25) is 9.59 Å². The summed E-state index contributed by atoms with van der Waals surface area (Å²) in [5.74, 6) is 1.21. The molecule has 1 saturated heterocycles. The largest absolute Gasteiger partial charge is 0.497 e. The molecule has 38 heavy (non-hydrogen) atoms. The van der Waals surface area contributed by atoms with Crippen LogP contribution in [0.2, 0.25) is 0 Å². The number of carbonyl (C=O) groups is 2. The van der Waals surface area contributed by atoms with Crippen LogP contribution >= 0.6 is 0 Å². The SMILES string of the molecule is COc1cc(OC)cc(C(=O)Nc2ccc(N3CCC(Cc4ccccc4)CC3)c(C(=O)NC(C)C)c2)c1.